The average molecular weight is 284 g/mol. The zero-order valence-electron chi connectivity index (χ0n) is 13.3. The van der Waals surface area contributed by atoms with E-state index in [4.69, 9.17) is 9.47 Å². The number of hydrogen-bond donors (Lipinski definition) is 1. The fraction of sp³-hybridized carbons (Fsp3) is 1.00. The quantitative estimate of drug-likeness (QED) is 0.693. The maximum Gasteiger partial charge on any atom is 0.158 e. The monoisotopic (exact) mass is 284 g/mol. The molecule has 0 aromatic heterocycles. The standard InChI is InChI=1S/C16H32N2O2/c1-3-19-16(20-4-2)9-13-18-11-7-14(8-12-18)15-6-5-10-17-15/h14-17H,3-13H2,1-2H3. The summed E-state index contributed by atoms with van der Waals surface area (Å²) in [7, 11) is 0. The minimum absolute atomic E-state index is 0.0146. The van der Waals surface area contributed by atoms with E-state index in [1.807, 2.05) is 13.8 Å². The summed E-state index contributed by atoms with van der Waals surface area (Å²) in [5.74, 6) is 0.906. The Labute approximate surface area is 124 Å². The molecule has 2 aliphatic heterocycles. The van der Waals surface area contributed by atoms with Crippen molar-refractivity contribution in [3.8, 4) is 0 Å². The first-order chi connectivity index (χ1) is 9.83. The van der Waals surface area contributed by atoms with E-state index in [0.29, 0.717) is 0 Å². The Balaban J connectivity index is 1.63. The molecule has 1 atom stereocenters. The molecule has 4 nitrogen and oxygen atoms in total. The van der Waals surface area contributed by atoms with Crippen LogP contribution < -0.4 is 5.32 Å². The molecule has 2 heterocycles. The van der Waals surface area contributed by atoms with Gasteiger partial charge in [0.25, 0.3) is 0 Å². The van der Waals surface area contributed by atoms with Gasteiger partial charge in [0.2, 0.25) is 0 Å². The molecule has 0 radical (unpaired) electrons. The lowest BCUT2D eigenvalue weighted by Crippen LogP contribution is -2.41. The Hall–Kier alpha value is -0.160. The van der Waals surface area contributed by atoms with Crippen molar-refractivity contribution in [2.24, 2.45) is 5.92 Å². The molecule has 2 rings (SSSR count). The summed E-state index contributed by atoms with van der Waals surface area (Å²) in [6, 6.07) is 0.803. The molecule has 1 N–H and O–H groups in total. The van der Waals surface area contributed by atoms with Crippen LogP contribution in [0.4, 0.5) is 0 Å². The number of likely N-dealkylation sites (tertiary alicyclic amines) is 1. The summed E-state index contributed by atoms with van der Waals surface area (Å²) in [6.07, 6.45) is 6.45. The number of nitrogens with one attached hydrogen (secondary N) is 1. The first-order valence-corrected chi connectivity index (χ1v) is 8.52. The third-order valence-electron chi connectivity index (χ3n) is 4.69. The SMILES string of the molecule is CCOC(CCN1CCC(C2CCCN2)CC1)OCC. The van der Waals surface area contributed by atoms with Gasteiger partial charge in [-0.2, -0.15) is 0 Å². The van der Waals surface area contributed by atoms with Crippen molar-refractivity contribution in [2.45, 2.75) is 58.3 Å². The Morgan fingerprint density at radius 1 is 1.10 bits per heavy atom. The molecule has 118 valence electrons. The molecule has 1 unspecified atom stereocenters. The van der Waals surface area contributed by atoms with Crippen LogP contribution in [0.15, 0.2) is 0 Å². The summed E-state index contributed by atoms with van der Waals surface area (Å²) in [4.78, 5) is 2.58. The largest absolute Gasteiger partial charge is 0.353 e. The lowest BCUT2D eigenvalue weighted by Gasteiger charge is -2.35. The van der Waals surface area contributed by atoms with E-state index in [0.717, 1.165) is 38.1 Å². The van der Waals surface area contributed by atoms with Crippen LogP contribution in [0.5, 0.6) is 0 Å². The maximum atomic E-state index is 5.62. The summed E-state index contributed by atoms with van der Waals surface area (Å²) in [6.45, 7) is 10.4. The second-order valence-corrected chi connectivity index (χ2v) is 6.01. The Morgan fingerprint density at radius 3 is 2.35 bits per heavy atom. The van der Waals surface area contributed by atoms with E-state index in [-0.39, 0.29) is 6.29 Å². The van der Waals surface area contributed by atoms with Crippen molar-refractivity contribution in [1.29, 1.82) is 0 Å². The van der Waals surface area contributed by atoms with Crippen LogP contribution in [0.2, 0.25) is 0 Å². The predicted molar refractivity (Wildman–Crippen MR) is 81.8 cm³/mol. The van der Waals surface area contributed by atoms with Crippen molar-refractivity contribution in [2.75, 3.05) is 39.4 Å². The summed E-state index contributed by atoms with van der Waals surface area (Å²) < 4.78 is 11.2. The highest BCUT2D eigenvalue weighted by atomic mass is 16.7. The second kappa shape index (κ2) is 8.98. The zero-order chi connectivity index (χ0) is 14.2. The molecule has 0 spiro atoms. The minimum atomic E-state index is -0.0146. The highest BCUT2D eigenvalue weighted by Gasteiger charge is 2.28. The van der Waals surface area contributed by atoms with Gasteiger partial charge < -0.3 is 19.7 Å². The van der Waals surface area contributed by atoms with Crippen LogP contribution >= 0.6 is 0 Å². The normalized spacial score (nSPS) is 25.6. The van der Waals surface area contributed by atoms with Crippen molar-refractivity contribution in [3.63, 3.8) is 0 Å². The van der Waals surface area contributed by atoms with Gasteiger partial charge in [0, 0.05) is 32.2 Å². The van der Waals surface area contributed by atoms with Gasteiger partial charge in [-0.15, -0.1) is 0 Å². The Bertz CT molecular complexity index is 243. The first-order valence-electron chi connectivity index (χ1n) is 8.52. The first kappa shape index (κ1) is 16.2. The second-order valence-electron chi connectivity index (χ2n) is 6.01. The van der Waals surface area contributed by atoms with Gasteiger partial charge in [-0.3, -0.25) is 0 Å². The number of piperidine rings is 1. The van der Waals surface area contributed by atoms with E-state index < -0.39 is 0 Å². The molecule has 20 heavy (non-hydrogen) atoms. The topological polar surface area (TPSA) is 33.7 Å². The van der Waals surface area contributed by atoms with E-state index >= 15 is 0 Å². The highest BCUT2D eigenvalue weighted by Crippen LogP contribution is 2.25. The number of hydrogen-bond acceptors (Lipinski definition) is 4. The highest BCUT2D eigenvalue weighted by molar-refractivity contribution is 4.85. The molecule has 0 amide bonds. The van der Waals surface area contributed by atoms with Crippen molar-refractivity contribution in [3.05, 3.63) is 0 Å². The summed E-state index contributed by atoms with van der Waals surface area (Å²) in [5, 5.41) is 3.67. The third-order valence-corrected chi connectivity index (χ3v) is 4.69. The van der Waals surface area contributed by atoms with Crippen LogP contribution in [-0.2, 0) is 9.47 Å². The van der Waals surface area contributed by atoms with Gasteiger partial charge in [-0.05, 0) is 65.1 Å². The molecule has 0 aromatic carbocycles. The van der Waals surface area contributed by atoms with E-state index in [9.17, 15) is 0 Å². The molecular weight excluding hydrogens is 252 g/mol. The summed E-state index contributed by atoms with van der Waals surface area (Å²) in [5.41, 5.74) is 0. The molecule has 4 heteroatoms. The zero-order valence-corrected chi connectivity index (χ0v) is 13.3. The maximum absolute atomic E-state index is 5.62. The lowest BCUT2D eigenvalue weighted by atomic mass is 9.88. The molecule has 0 saturated carbocycles. The van der Waals surface area contributed by atoms with Crippen molar-refractivity contribution in [1.82, 2.24) is 10.2 Å². The molecular formula is C16H32N2O2. The molecule has 2 fully saturated rings. The third kappa shape index (κ3) is 4.99. The van der Waals surface area contributed by atoms with Crippen LogP contribution in [0.25, 0.3) is 0 Å². The number of rotatable bonds is 8. The van der Waals surface area contributed by atoms with E-state index in [2.05, 4.69) is 10.2 Å². The predicted octanol–water partition coefficient (Wildman–Crippen LogP) is 2.24. The smallest absolute Gasteiger partial charge is 0.158 e. The van der Waals surface area contributed by atoms with Gasteiger partial charge in [-0.25, -0.2) is 0 Å². The van der Waals surface area contributed by atoms with Crippen molar-refractivity contribution >= 4 is 0 Å². The summed E-state index contributed by atoms with van der Waals surface area (Å²) >= 11 is 0. The van der Waals surface area contributed by atoms with Gasteiger partial charge in [0.15, 0.2) is 6.29 Å². The van der Waals surface area contributed by atoms with Crippen LogP contribution in [0.1, 0.15) is 46.0 Å². The number of nitrogens with zero attached hydrogens (tertiary/aromatic N) is 1. The molecule has 0 aliphatic carbocycles. The minimum Gasteiger partial charge on any atom is -0.353 e. The molecule has 0 aromatic rings. The average Bonchev–Trinajstić information content (AvgIpc) is 3.00. The van der Waals surface area contributed by atoms with Gasteiger partial charge in [0.05, 0.1) is 0 Å². The fourth-order valence-electron chi connectivity index (χ4n) is 3.57. The Morgan fingerprint density at radius 2 is 1.80 bits per heavy atom. The van der Waals surface area contributed by atoms with Gasteiger partial charge >= 0.3 is 0 Å². The van der Waals surface area contributed by atoms with Gasteiger partial charge in [-0.1, -0.05) is 0 Å². The van der Waals surface area contributed by atoms with E-state index in [1.165, 1.54) is 45.3 Å². The van der Waals surface area contributed by atoms with Crippen molar-refractivity contribution < 1.29 is 9.47 Å². The molecule has 0 bridgehead atoms. The fourth-order valence-corrected chi connectivity index (χ4v) is 3.57. The van der Waals surface area contributed by atoms with Crippen LogP contribution in [0.3, 0.4) is 0 Å². The lowest BCUT2D eigenvalue weighted by molar-refractivity contribution is -0.142. The van der Waals surface area contributed by atoms with Crippen LogP contribution in [-0.4, -0.2) is 56.6 Å². The van der Waals surface area contributed by atoms with E-state index in [1.54, 1.807) is 0 Å². The van der Waals surface area contributed by atoms with Gasteiger partial charge in [0.1, 0.15) is 0 Å². The Kier molecular flexibility index (Phi) is 7.28. The number of ether oxygens (including phenoxy) is 2. The molecule has 2 aliphatic rings. The van der Waals surface area contributed by atoms with Crippen LogP contribution in [0, 0.1) is 5.92 Å². The molecule has 2 saturated heterocycles.